The molecule has 0 aliphatic carbocycles. The van der Waals surface area contributed by atoms with Crippen LogP contribution in [0.4, 0.5) is 0 Å². The number of aliphatic hydroxyl groups is 1. The Morgan fingerprint density at radius 2 is 1.87 bits per heavy atom. The molecule has 0 spiro atoms. The van der Waals surface area contributed by atoms with E-state index >= 15 is 0 Å². The number of hydrogen-bond acceptors (Lipinski definition) is 6. The summed E-state index contributed by atoms with van der Waals surface area (Å²) in [6.07, 6.45) is 3.01. The average molecular weight is 541 g/mol. The van der Waals surface area contributed by atoms with E-state index in [9.17, 15) is 19.5 Å². The smallest absolute Gasteiger partial charge is 0.243 e. The largest absolute Gasteiger partial charge is 0.512 e. The first-order valence-corrected chi connectivity index (χ1v) is 14.1. The maximum Gasteiger partial charge on any atom is 0.243 e. The quantitative estimate of drug-likeness (QED) is 0.376. The summed E-state index contributed by atoms with van der Waals surface area (Å²) < 4.78 is 0. The highest BCUT2D eigenvalue weighted by atomic mass is 32.1. The van der Waals surface area contributed by atoms with E-state index in [0.29, 0.717) is 19.4 Å². The third-order valence-corrected chi connectivity index (χ3v) is 7.88. The SMILES string of the molecule is CNC(=O)CC(NC(=O)C1CCCN1C(=O)C(/C(O)=C/C(C)C)C(C)C)c1ccc(-c2scnc2C)cc1. The Morgan fingerprint density at radius 3 is 2.42 bits per heavy atom. The van der Waals surface area contributed by atoms with Crippen molar-refractivity contribution in [1.82, 2.24) is 20.5 Å². The molecule has 1 aromatic carbocycles. The Bertz CT molecular complexity index is 1160. The second-order valence-corrected chi connectivity index (χ2v) is 11.4. The molecule has 0 saturated carbocycles. The van der Waals surface area contributed by atoms with Gasteiger partial charge in [-0.1, -0.05) is 52.0 Å². The average Bonchev–Trinajstić information content (AvgIpc) is 3.52. The molecule has 38 heavy (non-hydrogen) atoms. The minimum Gasteiger partial charge on any atom is -0.512 e. The highest BCUT2D eigenvalue weighted by Crippen LogP contribution is 2.30. The second-order valence-electron chi connectivity index (χ2n) is 10.6. The van der Waals surface area contributed by atoms with Gasteiger partial charge in [0.2, 0.25) is 17.7 Å². The Balaban J connectivity index is 1.81. The zero-order chi connectivity index (χ0) is 28.0. The van der Waals surface area contributed by atoms with Gasteiger partial charge in [0, 0.05) is 13.6 Å². The summed E-state index contributed by atoms with van der Waals surface area (Å²) in [6.45, 7) is 10.1. The van der Waals surface area contributed by atoms with E-state index in [-0.39, 0.29) is 41.7 Å². The fourth-order valence-electron chi connectivity index (χ4n) is 4.93. The first-order chi connectivity index (χ1) is 18.0. The van der Waals surface area contributed by atoms with Crippen molar-refractivity contribution in [3.05, 3.63) is 52.9 Å². The molecule has 2 heterocycles. The summed E-state index contributed by atoms with van der Waals surface area (Å²) in [6, 6.07) is 6.59. The molecule has 9 heteroatoms. The molecule has 1 aliphatic rings. The van der Waals surface area contributed by atoms with Gasteiger partial charge in [-0.15, -0.1) is 11.3 Å². The predicted molar refractivity (Wildman–Crippen MR) is 150 cm³/mol. The second kappa shape index (κ2) is 13.0. The maximum atomic E-state index is 13.6. The van der Waals surface area contributed by atoms with Crippen molar-refractivity contribution in [2.75, 3.05) is 13.6 Å². The Hall–Kier alpha value is -3.20. The molecule has 3 N–H and O–H groups in total. The number of rotatable bonds is 10. The van der Waals surface area contributed by atoms with E-state index in [1.807, 2.05) is 64.4 Å². The van der Waals surface area contributed by atoms with Crippen LogP contribution in [0.2, 0.25) is 0 Å². The van der Waals surface area contributed by atoms with Crippen LogP contribution in [0.15, 0.2) is 41.6 Å². The van der Waals surface area contributed by atoms with E-state index in [0.717, 1.165) is 21.7 Å². The van der Waals surface area contributed by atoms with Crippen LogP contribution in [0.3, 0.4) is 0 Å². The number of thiazole rings is 1. The van der Waals surface area contributed by atoms with E-state index in [2.05, 4.69) is 15.6 Å². The van der Waals surface area contributed by atoms with Crippen molar-refractivity contribution < 1.29 is 19.5 Å². The van der Waals surface area contributed by atoms with Crippen LogP contribution in [0.5, 0.6) is 0 Å². The molecule has 3 rings (SSSR count). The van der Waals surface area contributed by atoms with Crippen molar-refractivity contribution in [3.8, 4) is 10.4 Å². The van der Waals surface area contributed by atoms with Gasteiger partial charge in [-0.3, -0.25) is 14.4 Å². The minimum atomic E-state index is -0.699. The molecule has 1 aromatic heterocycles. The Morgan fingerprint density at radius 1 is 1.18 bits per heavy atom. The lowest BCUT2D eigenvalue weighted by molar-refractivity contribution is -0.142. The predicted octanol–water partition coefficient (Wildman–Crippen LogP) is 4.77. The molecule has 3 atom stereocenters. The molecule has 2 aromatic rings. The number of amides is 3. The van der Waals surface area contributed by atoms with Crippen LogP contribution < -0.4 is 10.6 Å². The van der Waals surface area contributed by atoms with Gasteiger partial charge in [-0.25, -0.2) is 4.98 Å². The molecule has 8 nitrogen and oxygen atoms in total. The summed E-state index contributed by atoms with van der Waals surface area (Å²) >= 11 is 1.57. The number of aryl methyl sites for hydroxylation is 1. The number of carbonyl (C=O) groups excluding carboxylic acids is 3. The summed E-state index contributed by atoms with van der Waals surface area (Å²) in [4.78, 5) is 46.4. The number of benzene rings is 1. The molecular formula is C29H40N4O4S. The standard InChI is InChI=1S/C29H40N4O4S/c1-17(2)14-24(34)26(18(3)4)29(37)33-13-7-8-23(33)28(36)32-22(15-25(35)30-6)20-9-11-21(12-10-20)27-19(5)31-16-38-27/h9-12,14,16-18,22-23,26,34H,7-8,13,15H2,1-6H3,(H,30,35)(H,32,36)/b24-14-. The molecule has 1 fully saturated rings. The van der Waals surface area contributed by atoms with Gasteiger partial charge in [-0.2, -0.15) is 0 Å². The van der Waals surface area contributed by atoms with Gasteiger partial charge in [0.05, 0.1) is 34.5 Å². The van der Waals surface area contributed by atoms with Crippen LogP contribution >= 0.6 is 11.3 Å². The Kier molecular flexibility index (Phi) is 10.1. The van der Waals surface area contributed by atoms with E-state index < -0.39 is 18.0 Å². The van der Waals surface area contributed by atoms with Gasteiger partial charge in [-0.05, 0) is 48.8 Å². The zero-order valence-corrected chi connectivity index (χ0v) is 24.0. The number of carbonyl (C=O) groups is 3. The molecule has 1 saturated heterocycles. The van der Waals surface area contributed by atoms with Gasteiger partial charge in [0.25, 0.3) is 0 Å². The van der Waals surface area contributed by atoms with Crippen LogP contribution in [0.1, 0.15) is 64.3 Å². The highest BCUT2D eigenvalue weighted by Gasteiger charge is 2.40. The normalized spacial score (nSPS) is 17.5. The fraction of sp³-hybridized carbons (Fsp3) is 0.517. The number of aromatic nitrogens is 1. The first-order valence-electron chi connectivity index (χ1n) is 13.3. The Labute approximate surface area is 229 Å². The van der Waals surface area contributed by atoms with Gasteiger partial charge in [0.1, 0.15) is 11.8 Å². The molecule has 0 bridgehead atoms. The number of allylic oxidation sites excluding steroid dienone is 1. The molecule has 206 valence electrons. The minimum absolute atomic E-state index is 0.0554. The topological polar surface area (TPSA) is 112 Å². The fourth-order valence-corrected chi connectivity index (χ4v) is 5.75. The molecule has 3 amide bonds. The van der Waals surface area contributed by atoms with Crippen molar-refractivity contribution in [1.29, 1.82) is 0 Å². The number of likely N-dealkylation sites (tertiary alicyclic amines) is 1. The monoisotopic (exact) mass is 540 g/mol. The van der Waals surface area contributed by atoms with Gasteiger partial charge >= 0.3 is 0 Å². The first kappa shape index (κ1) is 29.4. The summed E-state index contributed by atoms with van der Waals surface area (Å²) in [5, 5.41) is 16.4. The number of nitrogens with one attached hydrogen (secondary N) is 2. The van der Waals surface area contributed by atoms with Crippen LogP contribution in [0, 0.1) is 24.7 Å². The van der Waals surface area contributed by atoms with Crippen molar-refractivity contribution in [2.24, 2.45) is 17.8 Å². The third-order valence-electron chi connectivity index (χ3n) is 6.90. The van der Waals surface area contributed by atoms with E-state index in [1.54, 1.807) is 29.4 Å². The molecular weight excluding hydrogens is 500 g/mol. The molecule has 3 unspecified atom stereocenters. The van der Waals surface area contributed by atoms with Gasteiger partial charge in [0.15, 0.2) is 0 Å². The number of nitrogens with zero attached hydrogens (tertiary/aromatic N) is 2. The lowest BCUT2D eigenvalue weighted by Gasteiger charge is -2.31. The molecule has 1 aliphatic heterocycles. The highest BCUT2D eigenvalue weighted by molar-refractivity contribution is 7.13. The van der Waals surface area contributed by atoms with Crippen molar-refractivity contribution >= 4 is 29.1 Å². The van der Waals surface area contributed by atoms with Crippen LogP contribution in [0.25, 0.3) is 10.4 Å². The van der Waals surface area contributed by atoms with Crippen LogP contribution in [-0.4, -0.2) is 52.3 Å². The van der Waals surface area contributed by atoms with Crippen molar-refractivity contribution in [2.45, 2.75) is 66.0 Å². The zero-order valence-electron chi connectivity index (χ0n) is 23.2. The summed E-state index contributed by atoms with van der Waals surface area (Å²) in [7, 11) is 1.57. The number of aliphatic hydroxyl groups excluding tert-OH is 1. The summed E-state index contributed by atoms with van der Waals surface area (Å²) in [5.74, 6) is -1.39. The van der Waals surface area contributed by atoms with Gasteiger partial charge < -0.3 is 20.6 Å². The molecule has 0 radical (unpaired) electrons. The lowest BCUT2D eigenvalue weighted by atomic mass is 9.90. The maximum absolute atomic E-state index is 13.6. The number of hydrogen-bond donors (Lipinski definition) is 3. The summed E-state index contributed by atoms with van der Waals surface area (Å²) in [5.41, 5.74) is 4.60. The van der Waals surface area contributed by atoms with Crippen molar-refractivity contribution in [3.63, 3.8) is 0 Å². The lowest BCUT2D eigenvalue weighted by Crippen LogP contribution is -2.49. The third kappa shape index (κ3) is 7.01. The van der Waals surface area contributed by atoms with E-state index in [1.165, 1.54) is 0 Å². The van der Waals surface area contributed by atoms with E-state index in [4.69, 9.17) is 0 Å². The van der Waals surface area contributed by atoms with Crippen LogP contribution in [-0.2, 0) is 14.4 Å².